The van der Waals surface area contributed by atoms with Crippen LogP contribution >= 0.6 is 11.6 Å². The Balaban J connectivity index is 1.57. The Morgan fingerprint density at radius 1 is 1.24 bits per heavy atom. The van der Waals surface area contributed by atoms with Gasteiger partial charge in [0.25, 0.3) is 0 Å². The van der Waals surface area contributed by atoms with Crippen LogP contribution in [-0.4, -0.2) is 40.7 Å². The van der Waals surface area contributed by atoms with Gasteiger partial charge in [-0.05, 0) is 19.1 Å². The second kappa shape index (κ2) is 7.45. The van der Waals surface area contributed by atoms with Crippen LogP contribution < -0.4 is 10.6 Å². The van der Waals surface area contributed by atoms with Crippen LogP contribution in [0.1, 0.15) is 18.6 Å². The van der Waals surface area contributed by atoms with Crippen molar-refractivity contribution in [2.75, 3.05) is 10.6 Å². The Morgan fingerprint density at radius 2 is 2.00 bits per heavy atom. The number of hydrogen-bond acceptors (Lipinski definition) is 6. The van der Waals surface area contributed by atoms with Gasteiger partial charge < -0.3 is 15.7 Å². The normalized spacial score (nSPS) is 12.1. The summed E-state index contributed by atoms with van der Waals surface area (Å²) in [5.74, 6) is -0.256. The molecule has 0 aliphatic carbocycles. The van der Waals surface area contributed by atoms with Gasteiger partial charge in [-0.3, -0.25) is 0 Å². The molecule has 4 heterocycles. The molecule has 0 bridgehead atoms. The lowest BCUT2D eigenvalue weighted by molar-refractivity contribution is 0.200. The molecule has 148 valence electrons. The monoisotopic (exact) mass is 416 g/mol. The second-order valence-corrected chi connectivity index (χ2v) is 6.44. The number of anilines is 2. The lowest BCUT2D eigenvalue weighted by Crippen LogP contribution is -2.21. The first-order valence-corrected chi connectivity index (χ1v) is 8.76. The molecule has 10 nitrogen and oxygen atoms in total. The average molecular weight is 417 g/mol. The SMILES string of the molecule is C[C@H](O)c1c(NC(=O)Nc2cnc(-n3nccn3)c(Cl)c2)cnn2ccc(F)c12. The first-order chi connectivity index (χ1) is 13.9. The van der Waals surface area contributed by atoms with Crippen molar-refractivity contribution >= 4 is 34.5 Å². The summed E-state index contributed by atoms with van der Waals surface area (Å²) in [5.41, 5.74) is 0.761. The highest BCUT2D eigenvalue weighted by atomic mass is 35.5. The number of nitrogens with zero attached hydrogens (tertiary/aromatic N) is 6. The van der Waals surface area contributed by atoms with Crippen LogP contribution in [0.25, 0.3) is 11.3 Å². The highest BCUT2D eigenvalue weighted by molar-refractivity contribution is 6.32. The molecule has 29 heavy (non-hydrogen) atoms. The van der Waals surface area contributed by atoms with Gasteiger partial charge in [0.1, 0.15) is 5.52 Å². The number of aliphatic hydroxyl groups is 1. The molecule has 0 saturated carbocycles. The third-order valence-corrected chi connectivity index (χ3v) is 4.31. The standard InChI is InChI=1S/C17H14ClFN8O2/c1-9(28)14-13(8-23-26-5-2-12(19)15(14)26)25-17(29)24-10-6-11(18)16(20-7-10)27-21-3-4-22-27/h2-9,28H,1H3,(H2,24,25,29)/t9-/m0/s1. The van der Waals surface area contributed by atoms with Crippen molar-refractivity contribution in [1.29, 1.82) is 0 Å². The lowest BCUT2D eigenvalue weighted by atomic mass is 10.1. The van der Waals surface area contributed by atoms with E-state index in [1.165, 1.54) is 59.4 Å². The van der Waals surface area contributed by atoms with Crippen molar-refractivity contribution in [3.05, 3.63) is 59.5 Å². The van der Waals surface area contributed by atoms with Gasteiger partial charge in [-0.2, -0.15) is 15.3 Å². The smallest absolute Gasteiger partial charge is 0.323 e. The largest absolute Gasteiger partial charge is 0.389 e. The topological polar surface area (TPSA) is 122 Å². The van der Waals surface area contributed by atoms with Crippen molar-refractivity contribution in [2.45, 2.75) is 13.0 Å². The summed E-state index contributed by atoms with van der Waals surface area (Å²) in [6.07, 6.45) is 6.05. The molecule has 0 radical (unpaired) electrons. The quantitative estimate of drug-likeness (QED) is 0.470. The Hall–Kier alpha value is -3.57. The van der Waals surface area contributed by atoms with Crippen LogP contribution in [-0.2, 0) is 0 Å². The van der Waals surface area contributed by atoms with E-state index in [1.807, 2.05) is 0 Å². The number of fused-ring (bicyclic) bond motifs is 1. The molecule has 4 rings (SSSR count). The van der Waals surface area contributed by atoms with E-state index in [4.69, 9.17) is 11.6 Å². The van der Waals surface area contributed by atoms with Gasteiger partial charge in [0.05, 0.1) is 47.3 Å². The Labute approximate surface area is 167 Å². The molecule has 0 unspecified atom stereocenters. The molecule has 0 saturated heterocycles. The second-order valence-electron chi connectivity index (χ2n) is 6.03. The molecule has 0 fully saturated rings. The van der Waals surface area contributed by atoms with E-state index in [2.05, 4.69) is 30.9 Å². The lowest BCUT2D eigenvalue weighted by Gasteiger charge is -2.15. The number of amides is 2. The summed E-state index contributed by atoms with van der Waals surface area (Å²) < 4.78 is 15.4. The predicted octanol–water partition coefficient (Wildman–Crippen LogP) is 2.80. The number of carbonyl (C=O) groups is 1. The van der Waals surface area contributed by atoms with Crippen LogP contribution in [0.3, 0.4) is 0 Å². The summed E-state index contributed by atoms with van der Waals surface area (Å²) in [6, 6.07) is 2.06. The number of nitrogens with one attached hydrogen (secondary N) is 2. The number of aliphatic hydroxyl groups excluding tert-OH is 1. The zero-order valence-electron chi connectivity index (χ0n) is 14.9. The van der Waals surface area contributed by atoms with Gasteiger partial charge >= 0.3 is 6.03 Å². The molecular formula is C17H14ClFN8O2. The number of halogens is 2. The first-order valence-electron chi connectivity index (χ1n) is 8.38. The highest BCUT2D eigenvalue weighted by Gasteiger charge is 2.19. The number of rotatable bonds is 4. The van der Waals surface area contributed by atoms with Crippen LogP contribution in [0.2, 0.25) is 5.02 Å². The fourth-order valence-corrected chi connectivity index (χ4v) is 3.08. The van der Waals surface area contributed by atoms with Crippen molar-refractivity contribution < 1.29 is 14.3 Å². The maximum Gasteiger partial charge on any atom is 0.323 e. The van der Waals surface area contributed by atoms with Gasteiger partial charge in [0, 0.05) is 11.8 Å². The van der Waals surface area contributed by atoms with E-state index in [9.17, 15) is 14.3 Å². The molecule has 0 aliphatic rings. The molecule has 12 heteroatoms. The fourth-order valence-electron chi connectivity index (χ4n) is 2.84. The molecule has 0 aliphatic heterocycles. The molecular weight excluding hydrogens is 403 g/mol. The molecule has 4 aromatic heterocycles. The van der Waals surface area contributed by atoms with Crippen LogP contribution in [0.4, 0.5) is 20.6 Å². The number of carbonyl (C=O) groups excluding carboxylic acids is 1. The summed E-state index contributed by atoms with van der Waals surface area (Å²) in [7, 11) is 0. The maximum absolute atomic E-state index is 14.1. The third kappa shape index (κ3) is 3.60. The summed E-state index contributed by atoms with van der Waals surface area (Å²) in [5, 5.41) is 27.4. The number of aromatic nitrogens is 6. The Morgan fingerprint density at radius 3 is 2.69 bits per heavy atom. The van der Waals surface area contributed by atoms with Crippen LogP contribution in [0.5, 0.6) is 0 Å². The molecule has 1 atom stereocenters. The minimum Gasteiger partial charge on any atom is -0.389 e. The van der Waals surface area contributed by atoms with Gasteiger partial charge in [-0.25, -0.2) is 18.7 Å². The van der Waals surface area contributed by atoms with E-state index in [0.29, 0.717) is 11.5 Å². The van der Waals surface area contributed by atoms with Gasteiger partial charge in [0.2, 0.25) is 0 Å². The Kier molecular flexibility index (Phi) is 4.82. The fraction of sp³-hybridized carbons (Fsp3) is 0.118. The van der Waals surface area contributed by atoms with Crippen molar-refractivity contribution in [3.8, 4) is 5.82 Å². The minimum atomic E-state index is -1.04. The van der Waals surface area contributed by atoms with Crippen molar-refractivity contribution in [1.82, 2.24) is 29.6 Å². The number of pyridine rings is 1. The van der Waals surface area contributed by atoms with E-state index < -0.39 is 18.0 Å². The van der Waals surface area contributed by atoms with Gasteiger partial charge in [-0.15, -0.1) is 4.80 Å². The number of urea groups is 1. The summed E-state index contributed by atoms with van der Waals surface area (Å²) >= 11 is 6.18. The minimum absolute atomic E-state index is 0.0820. The summed E-state index contributed by atoms with van der Waals surface area (Å²) in [4.78, 5) is 17.8. The van der Waals surface area contributed by atoms with Crippen molar-refractivity contribution in [3.63, 3.8) is 0 Å². The van der Waals surface area contributed by atoms with Crippen LogP contribution in [0, 0.1) is 5.82 Å². The molecule has 2 amide bonds. The Bertz CT molecular complexity index is 1190. The highest BCUT2D eigenvalue weighted by Crippen LogP contribution is 2.29. The van der Waals surface area contributed by atoms with Gasteiger partial charge in [-0.1, -0.05) is 11.6 Å². The van der Waals surface area contributed by atoms with E-state index >= 15 is 0 Å². The first kappa shape index (κ1) is 18.8. The third-order valence-electron chi connectivity index (χ3n) is 4.03. The molecule has 4 aromatic rings. The molecule has 0 spiro atoms. The van der Waals surface area contributed by atoms with Crippen molar-refractivity contribution in [2.24, 2.45) is 0 Å². The average Bonchev–Trinajstić information content (AvgIpc) is 3.32. The van der Waals surface area contributed by atoms with E-state index in [1.54, 1.807) is 0 Å². The van der Waals surface area contributed by atoms with Crippen LogP contribution in [0.15, 0.2) is 43.1 Å². The van der Waals surface area contributed by atoms with E-state index in [0.717, 1.165) is 0 Å². The zero-order chi connectivity index (χ0) is 20.5. The molecule has 0 aromatic carbocycles. The molecule has 3 N–H and O–H groups in total. The maximum atomic E-state index is 14.1. The summed E-state index contributed by atoms with van der Waals surface area (Å²) in [6.45, 7) is 1.47. The zero-order valence-corrected chi connectivity index (χ0v) is 15.7. The predicted molar refractivity (Wildman–Crippen MR) is 103 cm³/mol. The van der Waals surface area contributed by atoms with E-state index in [-0.39, 0.29) is 21.8 Å². The number of hydrogen-bond donors (Lipinski definition) is 3. The van der Waals surface area contributed by atoms with Gasteiger partial charge in [0.15, 0.2) is 11.6 Å².